The van der Waals surface area contributed by atoms with Gasteiger partial charge in [-0.1, -0.05) is 0 Å². The fourth-order valence-corrected chi connectivity index (χ4v) is 2.23. The fourth-order valence-electron chi connectivity index (χ4n) is 2.23. The van der Waals surface area contributed by atoms with Gasteiger partial charge in [-0.3, -0.25) is 4.40 Å². The molecular formula is C14H11N3O. The molecule has 1 aromatic carbocycles. The third-order valence-corrected chi connectivity index (χ3v) is 3.03. The molecule has 3 rings (SSSR count). The number of nitriles is 1. The molecule has 0 spiro atoms. The molecule has 4 heteroatoms. The van der Waals surface area contributed by atoms with Gasteiger partial charge in [0.15, 0.2) is 0 Å². The molecule has 0 aliphatic carbocycles. The molecular weight excluding hydrogens is 226 g/mol. The predicted molar refractivity (Wildman–Crippen MR) is 70.6 cm³/mol. The predicted octanol–water partition coefficient (Wildman–Crippen LogP) is 2.55. The lowest BCUT2D eigenvalue weighted by Gasteiger charge is -2.04. The molecule has 0 atom stereocenters. The smallest absolute Gasteiger partial charge is 0.119 e. The molecule has 0 fully saturated rings. The average molecular weight is 237 g/mol. The van der Waals surface area contributed by atoms with Gasteiger partial charge >= 0.3 is 0 Å². The normalized spacial score (nSPS) is 10.7. The van der Waals surface area contributed by atoms with E-state index in [2.05, 4.69) is 6.07 Å². The monoisotopic (exact) mass is 237 g/mol. The molecule has 4 nitrogen and oxygen atoms in total. The van der Waals surface area contributed by atoms with Crippen molar-refractivity contribution in [3.8, 4) is 11.8 Å². The molecule has 3 aromatic rings. The van der Waals surface area contributed by atoms with Gasteiger partial charge in [-0.05, 0) is 36.4 Å². The topological polar surface area (TPSA) is 63.4 Å². The van der Waals surface area contributed by atoms with Crippen LogP contribution >= 0.6 is 0 Å². The molecule has 0 aliphatic heterocycles. The maximum absolute atomic E-state index is 8.94. The summed E-state index contributed by atoms with van der Waals surface area (Å²) < 4.78 is 7.13. The molecule has 2 N–H and O–H groups in total. The van der Waals surface area contributed by atoms with Crippen LogP contribution in [0, 0.1) is 11.3 Å². The number of fused-ring (bicyclic) bond motifs is 3. The second kappa shape index (κ2) is 3.67. The van der Waals surface area contributed by atoms with E-state index in [9.17, 15) is 0 Å². The fraction of sp³-hybridized carbons (Fsp3) is 0.0714. The lowest BCUT2D eigenvalue weighted by molar-refractivity contribution is 0.415. The van der Waals surface area contributed by atoms with E-state index in [0.29, 0.717) is 11.4 Å². The highest BCUT2D eigenvalue weighted by atomic mass is 16.5. The number of pyridine rings is 1. The number of hydrogen-bond acceptors (Lipinski definition) is 3. The maximum atomic E-state index is 8.94. The molecule has 88 valence electrons. The Morgan fingerprint density at radius 3 is 2.78 bits per heavy atom. The van der Waals surface area contributed by atoms with Gasteiger partial charge in [0.1, 0.15) is 11.6 Å². The summed E-state index contributed by atoms with van der Waals surface area (Å²) in [6.07, 6.45) is 0. The van der Waals surface area contributed by atoms with Crippen molar-refractivity contribution in [1.29, 1.82) is 5.26 Å². The summed E-state index contributed by atoms with van der Waals surface area (Å²) in [5.41, 5.74) is 8.48. The summed E-state index contributed by atoms with van der Waals surface area (Å²) in [5, 5.41) is 9.98. The molecule has 0 unspecified atom stereocenters. The zero-order chi connectivity index (χ0) is 12.7. The maximum Gasteiger partial charge on any atom is 0.119 e. The van der Waals surface area contributed by atoms with Crippen LogP contribution in [0.15, 0.2) is 36.4 Å². The first kappa shape index (κ1) is 10.5. The first-order valence-corrected chi connectivity index (χ1v) is 5.52. The van der Waals surface area contributed by atoms with Crippen molar-refractivity contribution in [2.75, 3.05) is 12.8 Å². The third kappa shape index (κ3) is 1.38. The van der Waals surface area contributed by atoms with Crippen molar-refractivity contribution in [1.82, 2.24) is 4.40 Å². The highest BCUT2D eigenvalue weighted by Gasteiger charge is 2.07. The van der Waals surface area contributed by atoms with Crippen LogP contribution in [0.25, 0.3) is 16.4 Å². The summed E-state index contributed by atoms with van der Waals surface area (Å²) in [5.74, 6) is 1.36. The number of methoxy groups -OCH3 is 1. The minimum Gasteiger partial charge on any atom is -0.497 e. The Labute approximate surface area is 104 Å². The van der Waals surface area contributed by atoms with E-state index in [-0.39, 0.29) is 0 Å². The molecule has 2 aromatic heterocycles. The molecule has 0 aliphatic rings. The standard InChI is InChI=1S/C14H11N3O/c1-18-12-2-3-13-10(7-12)6-11-4-9(8-15)5-14(16)17(11)13/h2-7H,16H2,1H3. The Kier molecular flexibility index (Phi) is 2.14. The van der Waals surface area contributed by atoms with Crippen molar-refractivity contribution in [3.05, 3.63) is 42.0 Å². The highest BCUT2D eigenvalue weighted by Crippen LogP contribution is 2.27. The second-order valence-corrected chi connectivity index (χ2v) is 4.11. The number of hydrogen-bond donors (Lipinski definition) is 1. The van der Waals surface area contributed by atoms with Gasteiger partial charge in [-0.15, -0.1) is 0 Å². The minimum absolute atomic E-state index is 0.559. The molecule has 0 saturated heterocycles. The first-order valence-electron chi connectivity index (χ1n) is 5.52. The van der Waals surface area contributed by atoms with E-state index >= 15 is 0 Å². The van der Waals surface area contributed by atoms with Gasteiger partial charge in [0.05, 0.1) is 24.3 Å². The van der Waals surface area contributed by atoms with Gasteiger partial charge < -0.3 is 10.5 Å². The van der Waals surface area contributed by atoms with Crippen molar-refractivity contribution >= 4 is 22.2 Å². The molecule has 0 amide bonds. The quantitative estimate of drug-likeness (QED) is 0.707. The zero-order valence-electron chi connectivity index (χ0n) is 9.84. The molecule has 2 heterocycles. The molecule has 0 bridgehead atoms. The SMILES string of the molecule is COc1ccc2c(c1)cc1cc(C#N)cc(N)n12. The largest absolute Gasteiger partial charge is 0.497 e. The van der Waals surface area contributed by atoms with E-state index in [1.54, 1.807) is 13.2 Å². The summed E-state index contributed by atoms with van der Waals surface area (Å²) in [6.45, 7) is 0. The number of benzene rings is 1. The van der Waals surface area contributed by atoms with Crippen LogP contribution in [0.5, 0.6) is 5.75 Å². The molecule has 0 saturated carbocycles. The number of nitrogens with zero attached hydrogens (tertiary/aromatic N) is 2. The minimum atomic E-state index is 0.559. The van der Waals surface area contributed by atoms with Gasteiger partial charge in [0.25, 0.3) is 0 Å². The molecule has 0 radical (unpaired) electrons. The lowest BCUT2D eigenvalue weighted by atomic mass is 10.2. The molecule has 18 heavy (non-hydrogen) atoms. The van der Waals surface area contributed by atoms with E-state index in [1.165, 1.54) is 0 Å². The van der Waals surface area contributed by atoms with E-state index in [1.807, 2.05) is 34.7 Å². The summed E-state index contributed by atoms with van der Waals surface area (Å²) in [4.78, 5) is 0. The van der Waals surface area contributed by atoms with Crippen LogP contribution in [-0.2, 0) is 0 Å². The Hall–Kier alpha value is -2.67. The second-order valence-electron chi connectivity index (χ2n) is 4.11. The van der Waals surface area contributed by atoms with Gasteiger partial charge in [0.2, 0.25) is 0 Å². The van der Waals surface area contributed by atoms with Gasteiger partial charge in [0, 0.05) is 10.9 Å². The van der Waals surface area contributed by atoms with Crippen LogP contribution in [0.4, 0.5) is 5.82 Å². The van der Waals surface area contributed by atoms with Crippen molar-refractivity contribution in [2.24, 2.45) is 0 Å². The zero-order valence-corrected chi connectivity index (χ0v) is 9.84. The number of nitrogen functional groups attached to an aromatic ring is 1. The number of rotatable bonds is 1. The van der Waals surface area contributed by atoms with Crippen LogP contribution in [0.2, 0.25) is 0 Å². The van der Waals surface area contributed by atoms with Crippen molar-refractivity contribution in [2.45, 2.75) is 0 Å². The van der Waals surface area contributed by atoms with Crippen LogP contribution < -0.4 is 10.5 Å². The number of aromatic nitrogens is 1. The lowest BCUT2D eigenvalue weighted by Crippen LogP contribution is -1.97. The highest BCUT2D eigenvalue weighted by molar-refractivity contribution is 5.90. The van der Waals surface area contributed by atoms with E-state index in [4.69, 9.17) is 15.7 Å². The van der Waals surface area contributed by atoms with E-state index in [0.717, 1.165) is 22.2 Å². The van der Waals surface area contributed by atoms with Crippen LogP contribution in [-0.4, -0.2) is 11.5 Å². The number of anilines is 1. The Bertz CT molecular complexity index is 796. The first-order chi connectivity index (χ1) is 8.72. The van der Waals surface area contributed by atoms with Crippen LogP contribution in [0.3, 0.4) is 0 Å². The Morgan fingerprint density at radius 1 is 1.22 bits per heavy atom. The van der Waals surface area contributed by atoms with Crippen molar-refractivity contribution < 1.29 is 4.74 Å². The summed E-state index contributed by atoms with van der Waals surface area (Å²) in [7, 11) is 1.64. The van der Waals surface area contributed by atoms with E-state index < -0.39 is 0 Å². The van der Waals surface area contributed by atoms with Gasteiger partial charge in [-0.2, -0.15) is 5.26 Å². The Morgan fingerprint density at radius 2 is 2.06 bits per heavy atom. The number of nitrogens with two attached hydrogens (primary N) is 1. The summed E-state index contributed by atoms with van der Waals surface area (Å²) >= 11 is 0. The average Bonchev–Trinajstić information content (AvgIpc) is 2.75. The van der Waals surface area contributed by atoms with Crippen molar-refractivity contribution in [3.63, 3.8) is 0 Å². The summed E-state index contributed by atoms with van der Waals surface area (Å²) in [6, 6.07) is 13.4. The number of ether oxygens (including phenoxy) is 1. The Balaban J connectivity index is 2.43. The van der Waals surface area contributed by atoms with Gasteiger partial charge in [-0.25, -0.2) is 0 Å². The third-order valence-electron chi connectivity index (χ3n) is 3.03. The van der Waals surface area contributed by atoms with Crippen LogP contribution in [0.1, 0.15) is 5.56 Å².